The number of pyridine rings is 1. The molecule has 1 N–H and O–H groups in total. The highest BCUT2D eigenvalue weighted by molar-refractivity contribution is 7.18. The van der Waals surface area contributed by atoms with Crippen LogP contribution in [0, 0.1) is 0 Å². The largest absolute Gasteiger partial charge is 0.328 e. The zero-order chi connectivity index (χ0) is 19.9. The smallest absolute Gasteiger partial charge is 0.305 e. The lowest BCUT2D eigenvalue weighted by molar-refractivity contribution is 0.112. The first-order chi connectivity index (χ1) is 13.6. The van der Waals surface area contributed by atoms with Crippen LogP contribution >= 0.6 is 22.9 Å². The molecule has 0 aliphatic carbocycles. The van der Waals surface area contributed by atoms with E-state index in [9.17, 15) is 9.59 Å². The van der Waals surface area contributed by atoms with Gasteiger partial charge in [-0.2, -0.15) is 0 Å². The maximum atomic E-state index is 12.8. The van der Waals surface area contributed by atoms with Gasteiger partial charge >= 0.3 is 6.03 Å². The van der Waals surface area contributed by atoms with E-state index in [4.69, 9.17) is 11.6 Å². The summed E-state index contributed by atoms with van der Waals surface area (Å²) in [4.78, 5) is 29.2. The molecule has 0 radical (unpaired) electrons. The van der Waals surface area contributed by atoms with E-state index in [0.29, 0.717) is 27.9 Å². The van der Waals surface area contributed by atoms with E-state index in [-0.39, 0.29) is 11.2 Å². The highest BCUT2D eigenvalue weighted by atomic mass is 35.5. The van der Waals surface area contributed by atoms with Crippen molar-refractivity contribution in [3.8, 4) is 10.6 Å². The fourth-order valence-electron chi connectivity index (χ4n) is 2.41. The number of hydrogen-bond donors (Lipinski definition) is 1. The molecule has 0 saturated carbocycles. The van der Waals surface area contributed by atoms with Gasteiger partial charge in [0.05, 0.1) is 5.69 Å². The van der Waals surface area contributed by atoms with Gasteiger partial charge in [0.15, 0.2) is 5.15 Å². The van der Waals surface area contributed by atoms with Crippen LogP contribution in [0.25, 0.3) is 10.6 Å². The van der Waals surface area contributed by atoms with E-state index in [1.165, 1.54) is 11.3 Å². The lowest BCUT2D eigenvalue weighted by Crippen LogP contribution is -2.35. The van der Waals surface area contributed by atoms with E-state index in [1.807, 2.05) is 6.92 Å². The first kappa shape index (κ1) is 19.9. The summed E-state index contributed by atoms with van der Waals surface area (Å²) in [5, 5.41) is 12.5. The van der Waals surface area contributed by atoms with Crippen LogP contribution in [0.4, 0.5) is 15.6 Å². The molecular formula is C19H18ClN5O2S. The number of nitrogens with one attached hydrogen (secondary N) is 1. The summed E-state index contributed by atoms with van der Waals surface area (Å²) in [7, 11) is 0. The topological polar surface area (TPSA) is 88.1 Å². The van der Waals surface area contributed by atoms with Gasteiger partial charge in [0.25, 0.3) is 0 Å². The number of rotatable bonds is 7. The fourth-order valence-corrected chi connectivity index (χ4v) is 3.45. The lowest BCUT2D eigenvalue weighted by atomic mass is 10.2. The molecule has 0 spiro atoms. The lowest BCUT2D eigenvalue weighted by Gasteiger charge is -2.19. The molecule has 2 amide bonds. The monoisotopic (exact) mass is 415 g/mol. The Morgan fingerprint density at radius 3 is 2.71 bits per heavy atom. The van der Waals surface area contributed by atoms with Gasteiger partial charge in [-0.1, -0.05) is 60.5 Å². The van der Waals surface area contributed by atoms with E-state index in [1.54, 1.807) is 47.5 Å². The van der Waals surface area contributed by atoms with Crippen molar-refractivity contribution in [3.63, 3.8) is 0 Å². The number of benzene rings is 1. The Hall–Kier alpha value is -2.84. The number of carbonyl (C=O) groups excluding carboxylic acids is 2. The summed E-state index contributed by atoms with van der Waals surface area (Å²) >= 11 is 7.34. The van der Waals surface area contributed by atoms with Gasteiger partial charge < -0.3 is 5.32 Å². The Morgan fingerprint density at radius 2 is 2.04 bits per heavy atom. The minimum Gasteiger partial charge on any atom is -0.305 e. The Morgan fingerprint density at radius 1 is 1.25 bits per heavy atom. The van der Waals surface area contributed by atoms with Crippen LogP contribution in [-0.2, 0) is 0 Å². The molecule has 0 aliphatic rings. The van der Waals surface area contributed by atoms with Gasteiger partial charge in [0.2, 0.25) is 5.13 Å². The molecule has 0 unspecified atom stereocenters. The summed E-state index contributed by atoms with van der Waals surface area (Å²) in [6.07, 6.45) is 4.09. The number of hydrogen-bond acceptors (Lipinski definition) is 6. The third-order valence-corrected chi connectivity index (χ3v) is 5.22. The zero-order valence-corrected chi connectivity index (χ0v) is 16.7. The van der Waals surface area contributed by atoms with E-state index >= 15 is 0 Å². The van der Waals surface area contributed by atoms with Gasteiger partial charge in [-0.05, 0) is 18.6 Å². The Kier molecular flexibility index (Phi) is 6.67. The first-order valence-corrected chi connectivity index (χ1v) is 9.90. The number of unbranched alkanes of at least 4 members (excludes halogenated alkanes) is 1. The normalized spacial score (nSPS) is 10.5. The number of nitrogens with zero attached hydrogens (tertiary/aromatic N) is 4. The van der Waals surface area contributed by atoms with Gasteiger partial charge in [-0.3, -0.25) is 9.69 Å². The van der Waals surface area contributed by atoms with Gasteiger partial charge in [0, 0.05) is 23.9 Å². The highest BCUT2D eigenvalue weighted by Crippen LogP contribution is 2.30. The molecule has 7 nitrogen and oxygen atoms in total. The number of urea groups is 1. The fraction of sp³-hybridized carbons (Fsp3) is 0.211. The molecule has 9 heteroatoms. The second-order valence-corrected chi connectivity index (χ2v) is 7.22. The quantitative estimate of drug-likeness (QED) is 0.437. The Labute approximate surface area is 171 Å². The predicted octanol–water partition coefficient (Wildman–Crippen LogP) is 4.90. The van der Waals surface area contributed by atoms with Crippen LogP contribution in [-0.4, -0.2) is 34.0 Å². The Balaban J connectivity index is 1.83. The molecular weight excluding hydrogens is 398 g/mol. The number of halogens is 1. The molecule has 0 aliphatic heterocycles. The molecule has 0 bridgehead atoms. The van der Waals surface area contributed by atoms with Crippen molar-refractivity contribution in [3.05, 3.63) is 53.3 Å². The molecule has 2 heterocycles. The molecule has 2 aromatic heterocycles. The number of anilines is 2. The zero-order valence-electron chi connectivity index (χ0n) is 15.1. The van der Waals surface area contributed by atoms with E-state index in [0.717, 1.165) is 24.7 Å². The van der Waals surface area contributed by atoms with Crippen LogP contribution < -0.4 is 10.2 Å². The molecule has 0 fully saturated rings. The van der Waals surface area contributed by atoms with Crippen molar-refractivity contribution in [2.45, 2.75) is 19.8 Å². The average Bonchev–Trinajstić information content (AvgIpc) is 3.20. The van der Waals surface area contributed by atoms with Gasteiger partial charge in [-0.25, -0.2) is 9.78 Å². The Bertz CT molecular complexity index is 961. The summed E-state index contributed by atoms with van der Waals surface area (Å²) in [5.41, 5.74) is 1.86. The molecule has 144 valence electrons. The van der Waals surface area contributed by atoms with Crippen LogP contribution in [0.3, 0.4) is 0 Å². The average molecular weight is 416 g/mol. The molecule has 3 rings (SSSR count). The second kappa shape index (κ2) is 9.38. The molecule has 3 aromatic rings. The number of carbonyl (C=O) groups is 2. The van der Waals surface area contributed by atoms with Crippen molar-refractivity contribution in [1.82, 2.24) is 15.2 Å². The maximum Gasteiger partial charge on any atom is 0.328 e. The first-order valence-electron chi connectivity index (χ1n) is 8.70. The molecule has 0 saturated heterocycles. The van der Waals surface area contributed by atoms with Gasteiger partial charge in [-0.15, -0.1) is 10.2 Å². The number of aldehydes is 1. The van der Waals surface area contributed by atoms with E-state index < -0.39 is 0 Å². The summed E-state index contributed by atoms with van der Waals surface area (Å²) in [6, 6.07) is 10.1. The third-order valence-electron chi connectivity index (χ3n) is 3.92. The molecule has 28 heavy (non-hydrogen) atoms. The van der Waals surface area contributed by atoms with E-state index in [2.05, 4.69) is 20.5 Å². The van der Waals surface area contributed by atoms with Crippen LogP contribution in [0.15, 0.2) is 42.6 Å². The van der Waals surface area contributed by atoms with Crippen molar-refractivity contribution < 1.29 is 9.59 Å². The van der Waals surface area contributed by atoms with Crippen LogP contribution in [0.5, 0.6) is 0 Å². The van der Waals surface area contributed by atoms with Crippen molar-refractivity contribution in [2.24, 2.45) is 0 Å². The van der Waals surface area contributed by atoms with Crippen molar-refractivity contribution in [2.75, 3.05) is 16.8 Å². The van der Waals surface area contributed by atoms with Crippen LogP contribution in [0.1, 0.15) is 30.1 Å². The minimum atomic E-state index is -0.345. The SMILES string of the molecule is CCCCN(C(=O)Nc1cccnc1Cl)c1nnc(-c2ccc(C=O)cc2)s1. The third kappa shape index (κ3) is 4.71. The second-order valence-electron chi connectivity index (χ2n) is 5.91. The van der Waals surface area contributed by atoms with Crippen molar-refractivity contribution >= 4 is 46.1 Å². The number of amides is 2. The minimum absolute atomic E-state index is 0.222. The highest BCUT2D eigenvalue weighted by Gasteiger charge is 2.21. The standard InChI is InChI=1S/C19H18ClN5O2S/c1-2-3-11-25(18(27)22-15-5-4-10-21-16(15)20)19-24-23-17(28-19)14-8-6-13(12-26)7-9-14/h4-10,12H,2-3,11H2,1H3,(H,22,27). The van der Waals surface area contributed by atoms with Gasteiger partial charge in [0.1, 0.15) is 11.3 Å². The summed E-state index contributed by atoms with van der Waals surface area (Å²) in [5.74, 6) is 0. The predicted molar refractivity (Wildman–Crippen MR) is 111 cm³/mol. The molecule has 0 atom stereocenters. The summed E-state index contributed by atoms with van der Waals surface area (Å²) < 4.78 is 0. The van der Waals surface area contributed by atoms with Crippen LogP contribution in [0.2, 0.25) is 5.15 Å². The number of aromatic nitrogens is 3. The molecule has 1 aromatic carbocycles. The maximum absolute atomic E-state index is 12.8. The van der Waals surface area contributed by atoms with Crippen molar-refractivity contribution in [1.29, 1.82) is 0 Å². The summed E-state index contributed by atoms with van der Waals surface area (Å²) in [6.45, 7) is 2.55.